The van der Waals surface area contributed by atoms with Crippen LogP contribution in [0, 0.1) is 17.2 Å². The Kier molecular flexibility index (Phi) is 5.67. The number of nitrogens with zero attached hydrogens (tertiary/aromatic N) is 3. The van der Waals surface area contributed by atoms with E-state index in [9.17, 15) is 0 Å². The van der Waals surface area contributed by atoms with Crippen molar-refractivity contribution in [3.05, 3.63) is 0 Å². The van der Waals surface area contributed by atoms with Gasteiger partial charge < -0.3 is 9.80 Å². The second-order valence-electron chi connectivity index (χ2n) is 4.83. The molecule has 1 heterocycles. The summed E-state index contributed by atoms with van der Waals surface area (Å²) >= 11 is 0. The van der Waals surface area contributed by atoms with Crippen LogP contribution in [0.1, 0.15) is 25.7 Å². The van der Waals surface area contributed by atoms with E-state index in [2.05, 4.69) is 30.0 Å². The number of nitriles is 1. The van der Waals surface area contributed by atoms with Crippen LogP contribution in [0.15, 0.2) is 0 Å². The highest BCUT2D eigenvalue weighted by molar-refractivity contribution is 4.81. The van der Waals surface area contributed by atoms with Gasteiger partial charge >= 0.3 is 0 Å². The van der Waals surface area contributed by atoms with Gasteiger partial charge in [0.1, 0.15) is 0 Å². The maximum Gasteiger partial charge on any atom is 0.0625 e. The Balaban J connectivity index is 2.16. The number of hydrogen-bond acceptors (Lipinski definition) is 3. The Bertz CT molecular complexity index is 207. The fourth-order valence-corrected chi connectivity index (χ4v) is 2.26. The molecule has 0 saturated carbocycles. The van der Waals surface area contributed by atoms with Gasteiger partial charge in [-0.2, -0.15) is 5.26 Å². The van der Waals surface area contributed by atoms with E-state index in [0.29, 0.717) is 5.92 Å². The third kappa shape index (κ3) is 5.15. The molecule has 3 heteroatoms. The average molecular weight is 209 g/mol. The summed E-state index contributed by atoms with van der Waals surface area (Å²) in [7, 11) is 4.24. The lowest BCUT2D eigenvalue weighted by atomic mass is 9.95. The molecule has 1 saturated heterocycles. The summed E-state index contributed by atoms with van der Waals surface area (Å²) in [6.07, 6.45) is 4.50. The molecule has 3 nitrogen and oxygen atoms in total. The quantitative estimate of drug-likeness (QED) is 0.688. The molecule has 1 unspecified atom stereocenters. The Labute approximate surface area is 93.7 Å². The van der Waals surface area contributed by atoms with E-state index in [-0.39, 0.29) is 0 Å². The minimum Gasteiger partial charge on any atom is -0.309 e. The van der Waals surface area contributed by atoms with E-state index in [0.717, 1.165) is 13.0 Å². The van der Waals surface area contributed by atoms with Crippen molar-refractivity contribution < 1.29 is 0 Å². The smallest absolute Gasteiger partial charge is 0.0625 e. The molecular formula is C12H23N3. The monoisotopic (exact) mass is 209 g/mol. The second-order valence-corrected chi connectivity index (χ2v) is 4.83. The fraction of sp³-hybridized carbons (Fsp3) is 0.917. The normalized spacial score (nSPS) is 22.9. The van der Waals surface area contributed by atoms with Crippen LogP contribution in [-0.4, -0.2) is 50.1 Å². The van der Waals surface area contributed by atoms with E-state index in [1.807, 2.05) is 0 Å². The molecule has 1 aliphatic rings. The van der Waals surface area contributed by atoms with Gasteiger partial charge in [0, 0.05) is 13.0 Å². The molecule has 1 fully saturated rings. The van der Waals surface area contributed by atoms with Crippen molar-refractivity contribution in [2.45, 2.75) is 25.7 Å². The fourth-order valence-electron chi connectivity index (χ4n) is 2.26. The van der Waals surface area contributed by atoms with Gasteiger partial charge in [-0.05, 0) is 58.9 Å². The SMILES string of the molecule is CN(C)CCCN1CCCC(CC#N)C1. The molecule has 0 aromatic heterocycles. The van der Waals surface area contributed by atoms with Crippen LogP contribution >= 0.6 is 0 Å². The molecule has 0 aliphatic carbocycles. The highest BCUT2D eigenvalue weighted by Crippen LogP contribution is 2.18. The molecule has 0 radical (unpaired) electrons. The molecule has 0 aromatic rings. The van der Waals surface area contributed by atoms with Gasteiger partial charge in [0.05, 0.1) is 6.07 Å². The molecule has 0 spiro atoms. The summed E-state index contributed by atoms with van der Waals surface area (Å²) in [6, 6.07) is 2.30. The molecule has 0 amide bonds. The van der Waals surface area contributed by atoms with Crippen LogP contribution in [0.25, 0.3) is 0 Å². The summed E-state index contributed by atoms with van der Waals surface area (Å²) in [5.74, 6) is 0.628. The van der Waals surface area contributed by atoms with E-state index in [4.69, 9.17) is 5.26 Å². The largest absolute Gasteiger partial charge is 0.309 e. The van der Waals surface area contributed by atoms with Gasteiger partial charge in [-0.15, -0.1) is 0 Å². The van der Waals surface area contributed by atoms with Crippen LogP contribution in [0.3, 0.4) is 0 Å². The second kappa shape index (κ2) is 6.81. The van der Waals surface area contributed by atoms with Gasteiger partial charge in [0.2, 0.25) is 0 Å². The van der Waals surface area contributed by atoms with E-state index < -0.39 is 0 Å². The van der Waals surface area contributed by atoms with Crippen LogP contribution in [0.2, 0.25) is 0 Å². The topological polar surface area (TPSA) is 30.3 Å². The zero-order valence-electron chi connectivity index (χ0n) is 10.1. The Hall–Kier alpha value is -0.590. The molecule has 1 atom stereocenters. The van der Waals surface area contributed by atoms with Crippen LogP contribution in [-0.2, 0) is 0 Å². The van der Waals surface area contributed by atoms with Crippen LogP contribution in [0.4, 0.5) is 0 Å². The molecular weight excluding hydrogens is 186 g/mol. The summed E-state index contributed by atoms with van der Waals surface area (Å²) in [5, 5.41) is 8.68. The molecule has 0 aromatic carbocycles. The predicted octanol–water partition coefficient (Wildman–Crippen LogP) is 1.56. The summed E-state index contributed by atoms with van der Waals surface area (Å²) in [5.41, 5.74) is 0. The zero-order valence-corrected chi connectivity index (χ0v) is 10.1. The molecule has 1 rings (SSSR count). The summed E-state index contributed by atoms with van der Waals surface area (Å²) in [6.45, 7) is 4.73. The lowest BCUT2D eigenvalue weighted by molar-refractivity contribution is 0.170. The van der Waals surface area contributed by atoms with Crippen LogP contribution < -0.4 is 0 Å². The molecule has 1 aliphatic heterocycles. The molecule has 15 heavy (non-hydrogen) atoms. The Morgan fingerprint density at radius 1 is 1.47 bits per heavy atom. The number of likely N-dealkylation sites (tertiary alicyclic amines) is 1. The molecule has 0 bridgehead atoms. The number of piperidine rings is 1. The van der Waals surface area contributed by atoms with E-state index in [1.54, 1.807) is 0 Å². The first-order valence-corrected chi connectivity index (χ1v) is 5.96. The maximum atomic E-state index is 8.68. The Morgan fingerprint density at radius 2 is 2.27 bits per heavy atom. The summed E-state index contributed by atoms with van der Waals surface area (Å²) < 4.78 is 0. The Morgan fingerprint density at radius 3 is 2.93 bits per heavy atom. The lowest BCUT2D eigenvalue weighted by Gasteiger charge is -2.31. The summed E-state index contributed by atoms with van der Waals surface area (Å²) in [4.78, 5) is 4.76. The van der Waals surface area contributed by atoms with Crippen molar-refractivity contribution in [2.24, 2.45) is 5.92 Å². The molecule has 0 N–H and O–H groups in total. The molecule has 86 valence electrons. The van der Waals surface area contributed by atoms with Crippen molar-refractivity contribution in [3.63, 3.8) is 0 Å². The minimum atomic E-state index is 0.628. The zero-order chi connectivity index (χ0) is 11.1. The van der Waals surface area contributed by atoms with Crippen molar-refractivity contribution >= 4 is 0 Å². The first-order chi connectivity index (χ1) is 7.22. The number of hydrogen-bond donors (Lipinski definition) is 0. The predicted molar refractivity (Wildman–Crippen MR) is 62.6 cm³/mol. The lowest BCUT2D eigenvalue weighted by Crippen LogP contribution is -2.36. The third-order valence-corrected chi connectivity index (χ3v) is 3.06. The highest BCUT2D eigenvalue weighted by atomic mass is 15.1. The highest BCUT2D eigenvalue weighted by Gasteiger charge is 2.18. The third-order valence-electron chi connectivity index (χ3n) is 3.06. The van der Waals surface area contributed by atoms with Crippen molar-refractivity contribution in [3.8, 4) is 6.07 Å². The van der Waals surface area contributed by atoms with Crippen molar-refractivity contribution in [1.82, 2.24) is 9.80 Å². The maximum absolute atomic E-state index is 8.68. The van der Waals surface area contributed by atoms with Gasteiger partial charge in [0.25, 0.3) is 0 Å². The first kappa shape index (κ1) is 12.5. The number of rotatable bonds is 5. The van der Waals surface area contributed by atoms with Gasteiger partial charge in [0.15, 0.2) is 0 Å². The van der Waals surface area contributed by atoms with Gasteiger partial charge in [-0.1, -0.05) is 0 Å². The average Bonchev–Trinajstić information content (AvgIpc) is 2.18. The van der Waals surface area contributed by atoms with Gasteiger partial charge in [-0.25, -0.2) is 0 Å². The van der Waals surface area contributed by atoms with Crippen LogP contribution in [0.5, 0.6) is 0 Å². The van der Waals surface area contributed by atoms with E-state index in [1.165, 1.54) is 38.9 Å². The van der Waals surface area contributed by atoms with Crippen molar-refractivity contribution in [1.29, 1.82) is 5.26 Å². The minimum absolute atomic E-state index is 0.628. The van der Waals surface area contributed by atoms with Gasteiger partial charge in [-0.3, -0.25) is 0 Å². The standard InChI is InChI=1S/C12H23N3/c1-14(2)8-4-10-15-9-3-5-12(11-15)6-7-13/h12H,3-6,8-11H2,1-2H3. The van der Waals surface area contributed by atoms with Crippen molar-refractivity contribution in [2.75, 3.05) is 40.3 Å². The first-order valence-electron chi connectivity index (χ1n) is 5.96. The van der Waals surface area contributed by atoms with E-state index >= 15 is 0 Å².